The van der Waals surface area contributed by atoms with Crippen LogP contribution in [0.1, 0.15) is 29.6 Å². The Labute approximate surface area is 243 Å². The highest BCUT2D eigenvalue weighted by Gasteiger charge is 2.16. The molecule has 1 unspecified atom stereocenters. The van der Waals surface area contributed by atoms with Gasteiger partial charge >= 0.3 is 12.0 Å². The number of carbonyl (C=O) groups excluding carboxylic acids is 2. The molecule has 214 valence electrons. The summed E-state index contributed by atoms with van der Waals surface area (Å²) in [5.41, 5.74) is 7.56. The molecule has 0 spiro atoms. The SMILES string of the molecule is CS(=O)(CCCCC(=O)O)=NC(=O)c1cnc(N)c(-c2cc3cc(NC(=O)Nc4ccc(F)c(Cl)c4)ccc3s2)c1. The average Bonchev–Trinajstić information content (AvgIpc) is 3.32. The molecule has 2 heterocycles. The van der Waals surface area contributed by atoms with Crippen molar-refractivity contribution < 1.29 is 28.1 Å². The summed E-state index contributed by atoms with van der Waals surface area (Å²) in [7, 11) is -2.86. The molecule has 0 fully saturated rings. The highest BCUT2D eigenvalue weighted by atomic mass is 35.5. The van der Waals surface area contributed by atoms with Crippen molar-refractivity contribution in [2.24, 2.45) is 4.36 Å². The van der Waals surface area contributed by atoms with Gasteiger partial charge in [0, 0.05) is 51.1 Å². The molecule has 0 aliphatic carbocycles. The summed E-state index contributed by atoms with van der Waals surface area (Å²) < 4.78 is 30.9. The highest BCUT2D eigenvalue weighted by Crippen LogP contribution is 2.37. The Morgan fingerprint density at radius 1 is 1.10 bits per heavy atom. The number of fused-ring (bicyclic) bond motifs is 1. The first-order valence-corrected chi connectivity index (χ1v) is 15.5. The van der Waals surface area contributed by atoms with Crippen LogP contribution in [0.2, 0.25) is 5.02 Å². The normalized spacial score (nSPS) is 12.5. The minimum absolute atomic E-state index is 0.0417. The van der Waals surface area contributed by atoms with Gasteiger partial charge in [0.15, 0.2) is 0 Å². The summed E-state index contributed by atoms with van der Waals surface area (Å²) in [6, 6.07) is 12.0. The Kier molecular flexibility index (Phi) is 9.21. The van der Waals surface area contributed by atoms with E-state index in [1.54, 1.807) is 18.2 Å². The molecule has 4 aromatic rings. The molecule has 41 heavy (non-hydrogen) atoms. The maximum absolute atomic E-state index is 13.4. The van der Waals surface area contributed by atoms with Gasteiger partial charge in [-0.3, -0.25) is 9.59 Å². The third kappa shape index (κ3) is 7.99. The number of nitrogen functional groups attached to an aromatic ring is 1. The first-order chi connectivity index (χ1) is 19.4. The fraction of sp³-hybridized carbons (Fsp3) is 0.185. The first kappa shape index (κ1) is 29.9. The molecule has 0 radical (unpaired) electrons. The maximum atomic E-state index is 13.4. The van der Waals surface area contributed by atoms with E-state index in [4.69, 9.17) is 22.4 Å². The standard InChI is InChI=1S/C27H25ClFN5O5S2/c1-41(39,9-3-2-4-24(35)36)34-26(37)16-11-19(25(30)31-14-16)23-12-15-10-17(6-8-22(15)40-23)32-27(38)33-18-5-7-21(29)20(28)13-18/h5-8,10-14H,2-4,9H2,1H3,(H2,30,31)(H,35,36)(H2,32,33,38). The van der Waals surface area contributed by atoms with Gasteiger partial charge in [0.1, 0.15) is 11.6 Å². The third-order valence-corrected chi connectivity index (χ3v) is 8.86. The van der Waals surface area contributed by atoms with E-state index in [9.17, 15) is 23.0 Å². The molecule has 0 aliphatic heterocycles. The summed E-state index contributed by atoms with van der Waals surface area (Å²) in [5, 5.41) is 14.7. The van der Waals surface area contributed by atoms with Crippen LogP contribution in [-0.4, -0.2) is 44.2 Å². The number of anilines is 3. The van der Waals surface area contributed by atoms with Crippen molar-refractivity contribution in [2.45, 2.75) is 19.3 Å². The van der Waals surface area contributed by atoms with E-state index in [-0.39, 0.29) is 28.6 Å². The fourth-order valence-corrected chi connectivity index (χ4v) is 6.37. The van der Waals surface area contributed by atoms with Gasteiger partial charge < -0.3 is 21.5 Å². The lowest BCUT2D eigenvalue weighted by atomic mass is 10.1. The number of aromatic nitrogens is 1. The van der Waals surface area contributed by atoms with Crippen molar-refractivity contribution in [2.75, 3.05) is 28.4 Å². The fourth-order valence-electron chi connectivity index (χ4n) is 3.83. The first-order valence-electron chi connectivity index (χ1n) is 12.2. The maximum Gasteiger partial charge on any atom is 0.323 e. The van der Waals surface area contributed by atoms with Crippen LogP contribution in [-0.2, 0) is 14.5 Å². The van der Waals surface area contributed by atoms with Gasteiger partial charge in [-0.25, -0.2) is 18.4 Å². The zero-order valence-electron chi connectivity index (χ0n) is 21.6. The second-order valence-corrected chi connectivity index (χ2v) is 13.1. The molecule has 2 aromatic carbocycles. The van der Waals surface area contributed by atoms with E-state index in [0.717, 1.165) is 16.2 Å². The number of thiophene rings is 1. The molecular formula is C27H25ClFN5O5S2. The van der Waals surface area contributed by atoms with Crippen molar-refractivity contribution in [3.8, 4) is 10.4 Å². The highest BCUT2D eigenvalue weighted by molar-refractivity contribution is 7.93. The third-order valence-electron chi connectivity index (χ3n) is 5.82. The molecule has 0 aliphatic rings. The Morgan fingerprint density at radius 2 is 1.80 bits per heavy atom. The summed E-state index contributed by atoms with van der Waals surface area (Å²) in [5.74, 6) is -1.94. The number of amides is 3. The number of halogens is 2. The van der Waals surface area contributed by atoms with Crippen LogP contribution in [0.25, 0.3) is 20.5 Å². The lowest BCUT2D eigenvalue weighted by Crippen LogP contribution is -2.19. The van der Waals surface area contributed by atoms with E-state index in [1.807, 2.05) is 12.1 Å². The minimum atomic E-state index is -2.86. The number of hydrogen-bond donors (Lipinski definition) is 4. The molecule has 14 heteroatoms. The number of pyridine rings is 1. The minimum Gasteiger partial charge on any atom is -0.481 e. The number of nitrogens with one attached hydrogen (secondary N) is 2. The van der Waals surface area contributed by atoms with Crippen molar-refractivity contribution in [3.05, 3.63) is 71.1 Å². The average molecular weight is 618 g/mol. The molecule has 4 rings (SSSR count). The van der Waals surface area contributed by atoms with E-state index < -0.39 is 33.5 Å². The second-order valence-electron chi connectivity index (χ2n) is 9.14. The van der Waals surface area contributed by atoms with Gasteiger partial charge in [-0.15, -0.1) is 11.3 Å². The van der Waals surface area contributed by atoms with Gasteiger partial charge in [0.2, 0.25) is 0 Å². The quantitative estimate of drug-likeness (QED) is 0.156. The van der Waals surface area contributed by atoms with Crippen LogP contribution >= 0.6 is 22.9 Å². The van der Waals surface area contributed by atoms with Crippen molar-refractivity contribution in [1.82, 2.24) is 4.98 Å². The molecular weight excluding hydrogens is 593 g/mol. The lowest BCUT2D eigenvalue weighted by molar-refractivity contribution is -0.137. The number of carboxylic acids is 1. The zero-order chi connectivity index (χ0) is 29.7. The second kappa shape index (κ2) is 12.6. The Balaban J connectivity index is 1.50. The van der Waals surface area contributed by atoms with E-state index in [1.165, 1.54) is 35.9 Å². The number of rotatable bonds is 9. The number of unbranched alkanes of at least 4 members (excludes halogenated alkanes) is 1. The number of nitrogens with zero attached hydrogens (tertiary/aromatic N) is 2. The van der Waals surface area contributed by atoms with Crippen LogP contribution in [0, 0.1) is 5.82 Å². The van der Waals surface area contributed by atoms with Gasteiger partial charge in [0.25, 0.3) is 5.91 Å². The number of nitrogens with two attached hydrogens (primary N) is 1. The Bertz CT molecular complexity index is 1790. The molecule has 1 atom stereocenters. The summed E-state index contributed by atoms with van der Waals surface area (Å²) >= 11 is 7.16. The number of aliphatic carboxylic acids is 1. The van der Waals surface area contributed by atoms with Crippen LogP contribution in [0.3, 0.4) is 0 Å². The summed E-state index contributed by atoms with van der Waals surface area (Å²) in [6.45, 7) is 0. The Hall–Kier alpha value is -4.07. The number of carbonyl (C=O) groups is 3. The van der Waals surface area contributed by atoms with Crippen molar-refractivity contribution >= 4 is 77.9 Å². The molecule has 10 nitrogen and oxygen atoms in total. The lowest BCUT2D eigenvalue weighted by Gasteiger charge is -2.08. The van der Waals surface area contributed by atoms with Crippen molar-refractivity contribution in [3.63, 3.8) is 0 Å². The zero-order valence-corrected chi connectivity index (χ0v) is 24.0. The van der Waals surface area contributed by atoms with Crippen molar-refractivity contribution in [1.29, 1.82) is 0 Å². The van der Waals surface area contributed by atoms with Crippen LogP contribution in [0.4, 0.5) is 26.4 Å². The summed E-state index contributed by atoms with van der Waals surface area (Å²) in [6.07, 6.45) is 3.30. The van der Waals surface area contributed by atoms with E-state index >= 15 is 0 Å². The van der Waals surface area contributed by atoms with Crippen LogP contribution < -0.4 is 16.4 Å². The monoisotopic (exact) mass is 617 g/mol. The van der Waals surface area contributed by atoms with Gasteiger partial charge in [-0.05, 0) is 66.8 Å². The predicted molar refractivity (Wildman–Crippen MR) is 161 cm³/mol. The number of carboxylic acid groups (broad SMARTS) is 1. The van der Waals surface area contributed by atoms with Crippen LogP contribution in [0.5, 0.6) is 0 Å². The molecule has 3 amide bonds. The molecule has 5 N–H and O–H groups in total. The van der Waals surface area contributed by atoms with E-state index in [2.05, 4.69) is 20.0 Å². The number of hydrogen-bond acceptors (Lipinski definition) is 7. The molecule has 0 saturated heterocycles. The van der Waals surface area contributed by atoms with Crippen LogP contribution in [0.15, 0.2) is 59.1 Å². The predicted octanol–water partition coefficient (Wildman–Crippen LogP) is 6.47. The van der Waals surface area contributed by atoms with E-state index in [0.29, 0.717) is 34.7 Å². The molecule has 0 saturated carbocycles. The topological polar surface area (TPSA) is 164 Å². The molecule has 2 aromatic heterocycles. The summed E-state index contributed by atoms with van der Waals surface area (Å²) in [4.78, 5) is 40.7. The Morgan fingerprint density at radius 3 is 2.51 bits per heavy atom. The molecule has 0 bridgehead atoms. The largest absolute Gasteiger partial charge is 0.481 e. The van der Waals surface area contributed by atoms with Gasteiger partial charge in [0.05, 0.1) is 20.3 Å². The smallest absolute Gasteiger partial charge is 0.323 e. The van der Waals surface area contributed by atoms with Gasteiger partial charge in [-0.1, -0.05) is 11.6 Å². The number of benzene rings is 2. The number of urea groups is 1. The van der Waals surface area contributed by atoms with Gasteiger partial charge in [-0.2, -0.15) is 4.36 Å².